The van der Waals surface area contributed by atoms with Crippen LogP contribution in [0.2, 0.25) is 0 Å². The van der Waals surface area contributed by atoms with Gasteiger partial charge in [0.1, 0.15) is 0 Å². The number of hydrogen-bond acceptors (Lipinski definition) is 2. The molecule has 0 saturated heterocycles. The van der Waals surface area contributed by atoms with Crippen LogP contribution in [0.1, 0.15) is 33.1 Å². The lowest BCUT2D eigenvalue weighted by molar-refractivity contribution is 0.310. The highest BCUT2D eigenvalue weighted by Crippen LogP contribution is 1.96. The molecule has 2 nitrogen and oxygen atoms in total. The second-order valence-electron chi connectivity index (χ2n) is 3.45. The molecule has 0 spiro atoms. The van der Waals surface area contributed by atoms with Crippen LogP contribution in [0.3, 0.4) is 0 Å². The summed E-state index contributed by atoms with van der Waals surface area (Å²) in [4.78, 5) is 2.31. The summed E-state index contributed by atoms with van der Waals surface area (Å²) >= 11 is 0. The molecule has 0 fully saturated rings. The summed E-state index contributed by atoms with van der Waals surface area (Å²) in [6.45, 7) is 6.49. The maximum atomic E-state index is 5.66. The molecule has 0 aliphatic heterocycles. The van der Waals surface area contributed by atoms with Gasteiger partial charge in [-0.25, -0.2) is 0 Å². The highest BCUT2D eigenvalue weighted by Gasteiger charge is 1.99. The molecule has 0 heterocycles. The zero-order valence-electron chi connectivity index (χ0n) is 8.14. The fourth-order valence-electron chi connectivity index (χ4n) is 1.21. The summed E-state index contributed by atoms with van der Waals surface area (Å²) in [7, 11) is 2.14. The van der Waals surface area contributed by atoms with Gasteiger partial charge in [-0.15, -0.1) is 0 Å². The molecule has 0 amide bonds. The minimum absolute atomic E-state index is 0.307. The molecule has 2 heteroatoms. The minimum atomic E-state index is 0.307. The van der Waals surface area contributed by atoms with E-state index >= 15 is 0 Å². The summed E-state index contributed by atoms with van der Waals surface area (Å²) < 4.78 is 0. The number of likely N-dealkylation sites (N-methyl/N-ethyl adjacent to an activating group) is 1. The zero-order chi connectivity index (χ0) is 8.69. The first-order valence-corrected chi connectivity index (χ1v) is 4.61. The van der Waals surface area contributed by atoms with Crippen LogP contribution in [0.5, 0.6) is 0 Å². The lowest BCUT2D eigenvalue weighted by atomic mass is 10.2. The Morgan fingerprint density at radius 2 is 2.00 bits per heavy atom. The predicted octanol–water partition coefficient (Wildman–Crippen LogP) is 1.46. The fourth-order valence-corrected chi connectivity index (χ4v) is 1.21. The van der Waals surface area contributed by atoms with Crippen molar-refractivity contribution in [2.24, 2.45) is 5.73 Å². The predicted molar refractivity (Wildman–Crippen MR) is 50.7 cm³/mol. The van der Waals surface area contributed by atoms with Crippen molar-refractivity contribution in [2.75, 3.05) is 20.1 Å². The third-order valence-electron chi connectivity index (χ3n) is 1.74. The molecule has 0 aliphatic carbocycles. The number of unbranched alkanes of at least 4 members (excludes halogenated alkanes) is 2. The molecule has 68 valence electrons. The van der Waals surface area contributed by atoms with Gasteiger partial charge in [0, 0.05) is 12.6 Å². The Morgan fingerprint density at radius 3 is 2.45 bits per heavy atom. The van der Waals surface area contributed by atoms with Gasteiger partial charge >= 0.3 is 0 Å². The van der Waals surface area contributed by atoms with Gasteiger partial charge in [-0.2, -0.15) is 0 Å². The lowest BCUT2D eigenvalue weighted by Crippen LogP contribution is -2.33. The van der Waals surface area contributed by atoms with E-state index in [0.29, 0.717) is 6.04 Å². The minimum Gasteiger partial charge on any atom is -0.327 e. The van der Waals surface area contributed by atoms with Gasteiger partial charge in [0.15, 0.2) is 0 Å². The van der Waals surface area contributed by atoms with Gasteiger partial charge in [0.2, 0.25) is 0 Å². The highest BCUT2D eigenvalue weighted by atomic mass is 15.1. The first-order valence-electron chi connectivity index (χ1n) is 4.61. The smallest absolute Gasteiger partial charge is 0.0139 e. The van der Waals surface area contributed by atoms with Gasteiger partial charge in [0.05, 0.1) is 0 Å². The molecule has 0 saturated carbocycles. The summed E-state index contributed by atoms with van der Waals surface area (Å²) in [5.74, 6) is 0. The number of nitrogens with zero attached hydrogens (tertiary/aromatic N) is 1. The van der Waals surface area contributed by atoms with E-state index in [-0.39, 0.29) is 0 Å². The average molecular weight is 158 g/mol. The normalized spacial score (nSPS) is 13.9. The molecule has 0 aromatic rings. The Bertz CT molecular complexity index is 81.6. The van der Waals surface area contributed by atoms with E-state index in [0.717, 1.165) is 6.54 Å². The zero-order valence-corrected chi connectivity index (χ0v) is 8.14. The van der Waals surface area contributed by atoms with Crippen LogP contribution in [0.15, 0.2) is 0 Å². The largest absolute Gasteiger partial charge is 0.327 e. The van der Waals surface area contributed by atoms with Gasteiger partial charge in [0.25, 0.3) is 0 Å². The van der Waals surface area contributed by atoms with E-state index in [1.165, 1.54) is 25.8 Å². The molecule has 2 N–H and O–H groups in total. The summed E-state index contributed by atoms with van der Waals surface area (Å²) in [6, 6.07) is 0.307. The molecule has 0 rings (SSSR count). The second kappa shape index (κ2) is 6.62. The number of rotatable bonds is 6. The first kappa shape index (κ1) is 10.9. The molecule has 0 aromatic heterocycles. The summed E-state index contributed by atoms with van der Waals surface area (Å²) in [5.41, 5.74) is 5.66. The third kappa shape index (κ3) is 7.82. The molecular formula is C9H22N2. The van der Waals surface area contributed by atoms with Crippen LogP contribution in [-0.2, 0) is 0 Å². The van der Waals surface area contributed by atoms with E-state index < -0.39 is 0 Å². The van der Waals surface area contributed by atoms with E-state index in [9.17, 15) is 0 Å². The van der Waals surface area contributed by atoms with Crippen molar-refractivity contribution in [2.45, 2.75) is 39.2 Å². The van der Waals surface area contributed by atoms with E-state index in [2.05, 4.69) is 25.8 Å². The van der Waals surface area contributed by atoms with Crippen molar-refractivity contribution in [1.29, 1.82) is 0 Å². The SMILES string of the molecule is CCCCCN(C)C[C@H](C)N. The quantitative estimate of drug-likeness (QED) is 0.593. The maximum absolute atomic E-state index is 5.66. The third-order valence-corrected chi connectivity index (χ3v) is 1.74. The van der Waals surface area contributed by atoms with Gasteiger partial charge in [-0.05, 0) is 26.9 Å². The average Bonchev–Trinajstić information content (AvgIpc) is 1.86. The molecule has 0 radical (unpaired) electrons. The van der Waals surface area contributed by atoms with Gasteiger partial charge in [-0.3, -0.25) is 0 Å². The second-order valence-corrected chi connectivity index (χ2v) is 3.45. The van der Waals surface area contributed by atoms with Gasteiger partial charge < -0.3 is 10.6 Å². The molecule has 1 atom stereocenters. The molecule has 0 bridgehead atoms. The van der Waals surface area contributed by atoms with Crippen molar-refractivity contribution in [3.8, 4) is 0 Å². The Hall–Kier alpha value is -0.0800. The lowest BCUT2D eigenvalue weighted by Gasteiger charge is -2.18. The first-order chi connectivity index (χ1) is 5.16. The van der Waals surface area contributed by atoms with Crippen molar-refractivity contribution in [3.63, 3.8) is 0 Å². The molecule has 0 unspecified atom stereocenters. The number of hydrogen-bond donors (Lipinski definition) is 1. The van der Waals surface area contributed by atoms with Crippen molar-refractivity contribution >= 4 is 0 Å². The molecule has 0 aromatic carbocycles. The molecular weight excluding hydrogens is 136 g/mol. The fraction of sp³-hybridized carbons (Fsp3) is 1.00. The van der Waals surface area contributed by atoms with Crippen LogP contribution in [0.4, 0.5) is 0 Å². The Kier molecular flexibility index (Phi) is 6.57. The van der Waals surface area contributed by atoms with Crippen LogP contribution in [0.25, 0.3) is 0 Å². The topological polar surface area (TPSA) is 29.3 Å². The van der Waals surface area contributed by atoms with Crippen molar-refractivity contribution in [1.82, 2.24) is 4.90 Å². The number of nitrogens with two attached hydrogens (primary N) is 1. The van der Waals surface area contributed by atoms with E-state index in [1.807, 2.05) is 0 Å². The van der Waals surface area contributed by atoms with Crippen LogP contribution >= 0.6 is 0 Å². The van der Waals surface area contributed by atoms with E-state index in [4.69, 9.17) is 5.73 Å². The van der Waals surface area contributed by atoms with Gasteiger partial charge in [-0.1, -0.05) is 19.8 Å². The van der Waals surface area contributed by atoms with Crippen LogP contribution < -0.4 is 5.73 Å². The molecule has 0 aliphatic rings. The Morgan fingerprint density at radius 1 is 1.36 bits per heavy atom. The van der Waals surface area contributed by atoms with Crippen LogP contribution in [-0.4, -0.2) is 31.1 Å². The van der Waals surface area contributed by atoms with E-state index in [1.54, 1.807) is 0 Å². The summed E-state index contributed by atoms with van der Waals surface area (Å²) in [6.07, 6.45) is 3.94. The maximum Gasteiger partial charge on any atom is 0.0139 e. The Labute approximate surface area is 70.8 Å². The monoisotopic (exact) mass is 158 g/mol. The standard InChI is InChI=1S/C9H22N2/c1-4-5-6-7-11(3)8-9(2)10/h9H,4-8,10H2,1-3H3/t9-/m0/s1. The van der Waals surface area contributed by atoms with Crippen molar-refractivity contribution < 1.29 is 0 Å². The molecule has 11 heavy (non-hydrogen) atoms. The van der Waals surface area contributed by atoms with Crippen LogP contribution in [0, 0.1) is 0 Å². The summed E-state index contributed by atoms with van der Waals surface area (Å²) in [5, 5.41) is 0. The highest BCUT2D eigenvalue weighted by molar-refractivity contribution is 4.59. The van der Waals surface area contributed by atoms with Crippen molar-refractivity contribution in [3.05, 3.63) is 0 Å². The Balaban J connectivity index is 3.15.